The lowest BCUT2D eigenvalue weighted by atomic mass is 10.1. The summed E-state index contributed by atoms with van der Waals surface area (Å²) < 4.78 is 35.1. The van der Waals surface area contributed by atoms with Crippen molar-refractivity contribution in [2.75, 3.05) is 18.4 Å². The zero-order valence-corrected chi connectivity index (χ0v) is 21.1. The summed E-state index contributed by atoms with van der Waals surface area (Å²) in [5, 5.41) is 7.06. The fourth-order valence-corrected chi connectivity index (χ4v) is 4.91. The molecule has 14 heteroatoms. The lowest BCUT2D eigenvalue weighted by Crippen LogP contribution is -2.40. The number of nitrogens with one attached hydrogen (secondary N) is 3. The van der Waals surface area contributed by atoms with Gasteiger partial charge in [0.1, 0.15) is 10.9 Å². The molecule has 3 amide bonds. The summed E-state index contributed by atoms with van der Waals surface area (Å²) in [7, 11) is 0. The highest BCUT2D eigenvalue weighted by molar-refractivity contribution is 6.53. The van der Waals surface area contributed by atoms with Crippen molar-refractivity contribution in [1.29, 1.82) is 0 Å². The molecular weight excluding hydrogens is 577 g/mol. The summed E-state index contributed by atoms with van der Waals surface area (Å²) in [6.07, 6.45) is -4.58. The summed E-state index contributed by atoms with van der Waals surface area (Å²) in [5.74, 6) is -3.87. The Balaban J connectivity index is 1.66. The van der Waals surface area contributed by atoms with Gasteiger partial charge < -0.3 is 16.0 Å². The van der Waals surface area contributed by atoms with E-state index in [0.29, 0.717) is 15.6 Å². The van der Waals surface area contributed by atoms with Crippen LogP contribution in [0.2, 0.25) is 15.1 Å². The standard InChI is InChI=1S/C21H15Cl5F3N3O3/c22-10-3-9(4-11(23)5-10)16-17(21(16,25)26)19(35)32-12-1-2-14(24)13(6-12)18(34)30-7-15(33)31-8-20(27,28)29/h1-6,16-17H,7-8H2,(H,30,34)(H,31,33)(H,32,35)/t16-,17+/m1/s1. The predicted molar refractivity (Wildman–Crippen MR) is 129 cm³/mol. The maximum Gasteiger partial charge on any atom is 0.405 e. The van der Waals surface area contributed by atoms with Gasteiger partial charge in [-0.2, -0.15) is 13.2 Å². The lowest BCUT2D eigenvalue weighted by Gasteiger charge is -2.11. The van der Waals surface area contributed by atoms with Gasteiger partial charge in [0.05, 0.1) is 23.0 Å². The van der Waals surface area contributed by atoms with Gasteiger partial charge in [0, 0.05) is 21.7 Å². The third kappa shape index (κ3) is 7.07. The first-order chi connectivity index (χ1) is 16.2. The fraction of sp³-hybridized carbons (Fsp3) is 0.286. The van der Waals surface area contributed by atoms with Crippen LogP contribution in [0.15, 0.2) is 36.4 Å². The first kappa shape index (κ1) is 27.7. The van der Waals surface area contributed by atoms with Crippen LogP contribution in [-0.4, -0.2) is 41.3 Å². The molecule has 6 nitrogen and oxygen atoms in total. The third-order valence-corrected chi connectivity index (χ3v) is 6.66. The molecular formula is C21H15Cl5F3N3O3. The van der Waals surface area contributed by atoms with E-state index in [1.165, 1.54) is 24.3 Å². The number of halogens is 8. The van der Waals surface area contributed by atoms with Crippen molar-refractivity contribution in [2.24, 2.45) is 5.92 Å². The minimum absolute atomic E-state index is 0.0156. The molecule has 2 aromatic carbocycles. The predicted octanol–water partition coefficient (Wildman–Crippen LogP) is 5.58. The molecule has 2 aromatic rings. The number of carbonyl (C=O) groups is 3. The van der Waals surface area contributed by atoms with Gasteiger partial charge in [-0.15, -0.1) is 23.2 Å². The van der Waals surface area contributed by atoms with E-state index in [2.05, 4.69) is 10.6 Å². The Hall–Kier alpha value is -1.91. The Morgan fingerprint density at radius 1 is 0.943 bits per heavy atom. The molecule has 188 valence electrons. The topological polar surface area (TPSA) is 87.3 Å². The second-order valence-corrected chi connectivity index (χ2v) is 10.3. The smallest absolute Gasteiger partial charge is 0.345 e. The first-order valence-electron chi connectivity index (χ1n) is 9.75. The maximum atomic E-state index is 12.9. The number of alkyl halides is 5. The van der Waals surface area contributed by atoms with E-state index in [1.807, 2.05) is 0 Å². The van der Waals surface area contributed by atoms with E-state index >= 15 is 0 Å². The fourth-order valence-electron chi connectivity index (χ4n) is 3.34. The Morgan fingerprint density at radius 3 is 2.17 bits per heavy atom. The van der Waals surface area contributed by atoms with Crippen LogP contribution in [0.4, 0.5) is 18.9 Å². The Morgan fingerprint density at radius 2 is 1.57 bits per heavy atom. The average molecular weight is 592 g/mol. The Kier molecular flexibility index (Phi) is 8.38. The van der Waals surface area contributed by atoms with E-state index in [4.69, 9.17) is 58.0 Å². The van der Waals surface area contributed by atoms with Crippen LogP contribution in [0.3, 0.4) is 0 Å². The second-order valence-electron chi connectivity index (χ2n) is 7.59. The molecule has 0 spiro atoms. The highest BCUT2D eigenvalue weighted by atomic mass is 35.5. The molecule has 3 N–H and O–H groups in total. The van der Waals surface area contributed by atoms with E-state index in [9.17, 15) is 27.6 Å². The molecule has 1 aliphatic carbocycles. The van der Waals surface area contributed by atoms with Crippen molar-refractivity contribution in [3.63, 3.8) is 0 Å². The number of hydrogen-bond acceptors (Lipinski definition) is 3. The van der Waals surface area contributed by atoms with Gasteiger partial charge in [-0.25, -0.2) is 0 Å². The molecule has 2 atom stereocenters. The van der Waals surface area contributed by atoms with Crippen molar-refractivity contribution >= 4 is 81.4 Å². The molecule has 0 radical (unpaired) electrons. The number of carbonyl (C=O) groups excluding carboxylic acids is 3. The largest absolute Gasteiger partial charge is 0.405 e. The van der Waals surface area contributed by atoms with Gasteiger partial charge in [0.25, 0.3) is 5.91 Å². The number of amides is 3. The Labute approximate surface area is 222 Å². The number of anilines is 1. The summed E-state index contributed by atoms with van der Waals surface area (Å²) in [5.41, 5.74) is 0.627. The van der Waals surface area contributed by atoms with Gasteiger partial charge in [0.15, 0.2) is 0 Å². The Bertz CT molecular complexity index is 1160. The SMILES string of the molecule is O=C(CNC(=O)c1cc(NC(=O)[C@@H]2[C@@H](c3cc(Cl)cc(Cl)c3)C2(Cl)Cl)ccc1Cl)NCC(F)(F)F. The molecule has 35 heavy (non-hydrogen) atoms. The summed E-state index contributed by atoms with van der Waals surface area (Å²) >= 11 is 30.7. The monoisotopic (exact) mass is 589 g/mol. The van der Waals surface area contributed by atoms with E-state index in [1.54, 1.807) is 17.4 Å². The van der Waals surface area contributed by atoms with Crippen molar-refractivity contribution in [3.8, 4) is 0 Å². The van der Waals surface area contributed by atoms with E-state index in [0.717, 1.165) is 0 Å². The summed E-state index contributed by atoms with van der Waals surface area (Å²) in [6.45, 7) is -2.25. The van der Waals surface area contributed by atoms with Gasteiger partial charge in [-0.1, -0.05) is 34.8 Å². The number of hydrogen-bond donors (Lipinski definition) is 3. The molecule has 1 saturated carbocycles. The molecule has 1 fully saturated rings. The van der Waals surface area contributed by atoms with Crippen LogP contribution in [0, 0.1) is 5.92 Å². The normalized spacial score (nSPS) is 18.5. The minimum atomic E-state index is -4.58. The van der Waals surface area contributed by atoms with Gasteiger partial charge >= 0.3 is 6.18 Å². The summed E-state index contributed by atoms with van der Waals surface area (Å²) in [6, 6.07) is 8.70. The molecule has 0 bridgehead atoms. The minimum Gasteiger partial charge on any atom is -0.345 e. The average Bonchev–Trinajstić information content (AvgIpc) is 3.32. The molecule has 0 unspecified atom stereocenters. The molecule has 0 aliphatic heterocycles. The highest BCUT2D eigenvalue weighted by Gasteiger charge is 2.67. The van der Waals surface area contributed by atoms with Crippen LogP contribution in [0.25, 0.3) is 0 Å². The van der Waals surface area contributed by atoms with Crippen molar-refractivity contribution in [3.05, 3.63) is 62.6 Å². The van der Waals surface area contributed by atoms with Crippen LogP contribution < -0.4 is 16.0 Å². The lowest BCUT2D eigenvalue weighted by molar-refractivity contribution is -0.137. The molecule has 1 aliphatic rings. The maximum absolute atomic E-state index is 12.9. The van der Waals surface area contributed by atoms with Crippen molar-refractivity contribution in [1.82, 2.24) is 10.6 Å². The van der Waals surface area contributed by atoms with Gasteiger partial charge in [-0.05, 0) is 42.0 Å². The van der Waals surface area contributed by atoms with E-state index in [-0.39, 0.29) is 16.3 Å². The van der Waals surface area contributed by atoms with Crippen molar-refractivity contribution < 1.29 is 27.6 Å². The first-order valence-corrected chi connectivity index (χ1v) is 11.6. The molecule has 0 heterocycles. The van der Waals surface area contributed by atoms with Crippen molar-refractivity contribution in [2.45, 2.75) is 16.4 Å². The number of benzene rings is 2. The quantitative estimate of drug-likeness (QED) is 0.368. The third-order valence-electron chi connectivity index (χ3n) is 4.95. The molecule has 0 saturated heterocycles. The van der Waals surface area contributed by atoms with Crippen LogP contribution in [-0.2, 0) is 9.59 Å². The van der Waals surface area contributed by atoms with Gasteiger partial charge in [-0.3, -0.25) is 14.4 Å². The second kappa shape index (κ2) is 10.6. The molecule has 0 aromatic heterocycles. The van der Waals surface area contributed by atoms with Crippen LogP contribution in [0.5, 0.6) is 0 Å². The number of rotatable bonds is 7. The summed E-state index contributed by atoms with van der Waals surface area (Å²) in [4.78, 5) is 36.7. The molecule has 3 rings (SSSR count). The zero-order valence-electron chi connectivity index (χ0n) is 17.3. The van der Waals surface area contributed by atoms with E-state index < -0.39 is 53.2 Å². The highest BCUT2D eigenvalue weighted by Crippen LogP contribution is 2.65. The van der Waals surface area contributed by atoms with Crippen LogP contribution in [0.1, 0.15) is 21.8 Å². The zero-order chi connectivity index (χ0) is 26.1. The van der Waals surface area contributed by atoms with Gasteiger partial charge in [0.2, 0.25) is 11.8 Å². The van der Waals surface area contributed by atoms with Crippen LogP contribution >= 0.6 is 58.0 Å².